The molecule has 0 aliphatic rings. The minimum atomic E-state index is -1.39. The maximum absolute atomic E-state index is 12.1. The Kier molecular flexibility index (Phi) is 3.32. The number of carbonyl (C=O) groups is 2. The van der Waals surface area contributed by atoms with Crippen LogP contribution >= 0.6 is 0 Å². The van der Waals surface area contributed by atoms with E-state index in [-0.39, 0.29) is 23.0 Å². The molecule has 3 rings (SSSR count). The molecule has 0 radical (unpaired) electrons. The van der Waals surface area contributed by atoms with E-state index >= 15 is 0 Å². The van der Waals surface area contributed by atoms with Crippen LogP contribution in [0.1, 0.15) is 21.0 Å². The summed E-state index contributed by atoms with van der Waals surface area (Å²) in [6.07, 6.45) is 2.74. The smallest absolute Gasteiger partial charge is 0.293 e. The maximum Gasteiger partial charge on any atom is 0.293 e. The summed E-state index contributed by atoms with van der Waals surface area (Å²) in [5, 5.41) is 26.9. The van der Waals surface area contributed by atoms with E-state index in [2.05, 4.69) is 30.7 Å². The van der Waals surface area contributed by atoms with Crippen molar-refractivity contribution in [3.05, 3.63) is 48.3 Å². The van der Waals surface area contributed by atoms with E-state index in [4.69, 9.17) is 0 Å². The van der Waals surface area contributed by atoms with E-state index < -0.39 is 11.9 Å². The van der Waals surface area contributed by atoms with Crippen molar-refractivity contribution in [2.75, 3.05) is 5.32 Å². The average Bonchev–Trinajstić information content (AvgIpc) is 3.18. The minimum Gasteiger partial charge on any atom is -0.545 e. The van der Waals surface area contributed by atoms with Gasteiger partial charge < -0.3 is 15.2 Å². The number of anilines is 1. The molecule has 0 saturated heterocycles. The zero-order valence-corrected chi connectivity index (χ0v) is 10.9. The van der Waals surface area contributed by atoms with E-state index in [1.54, 1.807) is 6.07 Å². The van der Waals surface area contributed by atoms with Crippen molar-refractivity contribution in [2.45, 2.75) is 0 Å². The number of nitrogens with zero attached hydrogens (tertiary/aromatic N) is 5. The van der Waals surface area contributed by atoms with Crippen LogP contribution in [0.5, 0.6) is 0 Å². The van der Waals surface area contributed by atoms with E-state index in [0.29, 0.717) is 0 Å². The van der Waals surface area contributed by atoms with Gasteiger partial charge in [0.15, 0.2) is 0 Å². The fraction of sp³-hybridized carbons (Fsp3) is 0. The summed E-state index contributed by atoms with van der Waals surface area (Å²) in [6, 6.07) is 5.89. The highest BCUT2D eigenvalue weighted by Gasteiger charge is 2.14. The summed E-state index contributed by atoms with van der Waals surface area (Å²) in [7, 11) is 0. The number of carbonyl (C=O) groups excluding carboxylic acids is 2. The Morgan fingerprint density at radius 3 is 2.64 bits per heavy atom. The standard InChI is InChI=1S/C12H9N7O3/c20-10(15-8-4-2-1-3-7(8)11(21)22)9-16-12(18-17-9)19-5-13-14-6-19/h1-6H,(H,15,20)(H,21,22)(H,16,17,18)/p-1. The fourth-order valence-corrected chi connectivity index (χ4v) is 1.73. The lowest BCUT2D eigenvalue weighted by atomic mass is 10.2. The van der Waals surface area contributed by atoms with E-state index in [1.807, 2.05) is 0 Å². The quantitative estimate of drug-likeness (QED) is 0.629. The van der Waals surface area contributed by atoms with Gasteiger partial charge in [-0.05, 0) is 6.07 Å². The first-order valence-corrected chi connectivity index (χ1v) is 6.04. The number of carboxylic acids is 1. The third-order valence-electron chi connectivity index (χ3n) is 2.73. The van der Waals surface area contributed by atoms with Crippen LogP contribution in [0.4, 0.5) is 5.69 Å². The van der Waals surface area contributed by atoms with Gasteiger partial charge in [-0.15, -0.1) is 15.3 Å². The molecule has 10 nitrogen and oxygen atoms in total. The number of rotatable bonds is 4. The van der Waals surface area contributed by atoms with Crippen molar-refractivity contribution in [2.24, 2.45) is 0 Å². The molecule has 0 atom stereocenters. The van der Waals surface area contributed by atoms with Gasteiger partial charge in [0.1, 0.15) is 12.7 Å². The highest BCUT2D eigenvalue weighted by Crippen LogP contribution is 2.14. The van der Waals surface area contributed by atoms with Crippen molar-refractivity contribution in [3.8, 4) is 5.95 Å². The molecule has 0 fully saturated rings. The summed E-state index contributed by atoms with van der Waals surface area (Å²) >= 11 is 0. The average molecular weight is 298 g/mol. The summed E-state index contributed by atoms with van der Waals surface area (Å²) < 4.78 is 1.41. The lowest BCUT2D eigenvalue weighted by Crippen LogP contribution is -2.25. The van der Waals surface area contributed by atoms with Gasteiger partial charge in [-0.25, -0.2) is 0 Å². The van der Waals surface area contributed by atoms with Gasteiger partial charge in [-0.1, -0.05) is 18.2 Å². The van der Waals surface area contributed by atoms with Crippen molar-refractivity contribution < 1.29 is 14.7 Å². The molecule has 1 aromatic carbocycles. The van der Waals surface area contributed by atoms with Gasteiger partial charge in [0.25, 0.3) is 11.9 Å². The molecule has 22 heavy (non-hydrogen) atoms. The van der Waals surface area contributed by atoms with Gasteiger partial charge >= 0.3 is 0 Å². The molecule has 0 bridgehead atoms. The van der Waals surface area contributed by atoms with Gasteiger partial charge in [-0.3, -0.25) is 14.5 Å². The van der Waals surface area contributed by atoms with Crippen LogP contribution < -0.4 is 10.4 Å². The van der Waals surface area contributed by atoms with E-state index in [0.717, 1.165) is 0 Å². The number of H-pyrrole nitrogens is 1. The molecule has 3 aromatic rings. The van der Waals surface area contributed by atoms with Gasteiger partial charge in [-0.2, -0.15) is 4.98 Å². The van der Waals surface area contributed by atoms with Crippen molar-refractivity contribution in [3.63, 3.8) is 0 Å². The lowest BCUT2D eigenvalue weighted by molar-refractivity contribution is -0.254. The summed E-state index contributed by atoms with van der Waals surface area (Å²) in [5.41, 5.74) is -0.0239. The zero-order valence-electron chi connectivity index (χ0n) is 10.9. The number of amides is 1. The van der Waals surface area contributed by atoms with Crippen molar-refractivity contribution in [1.29, 1.82) is 0 Å². The molecule has 0 aliphatic carbocycles. The fourth-order valence-electron chi connectivity index (χ4n) is 1.73. The van der Waals surface area contributed by atoms with Crippen LogP contribution in [0, 0.1) is 0 Å². The Bertz CT molecular complexity index is 825. The Balaban J connectivity index is 1.82. The van der Waals surface area contributed by atoms with Crippen LogP contribution in [-0.2, 0) is 0 Å². The number of aromatic nitrogens is 6. The topological polar surface area (TPSA) is 142 Å². The number of nitrogens with one attached hydrogen (secondary N) is 2. The Labute approximate surface area is 122 Å². The summed E-state index contributed by atoms with van der Waals surface area (Å²) in [6.45, 7) is 0. The SMILES string of the molecule is O=C(Nc1ccccc1C(=O)[O-])c1nc(-n2cnnc2)n[nH]1. The lowest BCUT2D eigenvalue weighted by Gasteiger charge is -2.10. The maximum atomic E-state index is 12.1. The molecule has 2 heterocycles. The second-order valence-electron chi connectivity index (χ2n) is 4.14. The number of para-hydroxylation sites is 1. The minimum absolute atomic E-state index is 0.0862. The number of hydrogen-bond acceptors (Lipinski definition) is 7. The monoisotopic (exact) mass is 298 g/mol. The zero-order chi connectivity index (χ0) is 15.5. The molecule has 2 aromatic heterocycles. The Morgan fingerprint density at radius 1 is 1.18 bits per heavy atom. The van der Waals surface area contributed by atoms with Crippen LogP contribution in [0.25, 0.3) is 5.95 Å². The van der Waals surface area contributed by atoms with Gasteiger partial charge in [0.2, 0.25) is 5.82 Å². The van der Waals surface area contributed by atoms with Crippen LogP contribution in [0.3, 0.4) is 0 Å². The molecule has 0 unspecified atom stereocenters. The number of benzene rings is 1. The van der Waals surface area contributed by atoms with Crippen LogP contribution in [-0.4, -0.2) is 41.8 Å². The second kappa shape index (κ2) is 5.44. The Hall–Kier alpha value is -3.56. The normalized spacial score (nSPS) is 10.4. The van der Waals surface area contributed by atoms with E-state index in [9.17, 15) is 14.7 Å². The van der Waals surface area contributed by atoms with Crippen molar-refractivity contribution >= 4 is 17.6 Å². The van der Waals surface area contributed by atoms with Crippen molar-refractivity contribution in [1.82, 2.24) is 29.9 Å². The highest BCUT2D eigenvalue weighted by atomic mass is 16.4. The molecule has 0 saturated carbocycles. The molecule has 2 N–H and O–H groups in total. The van der Waals surface area contributed by atoms with Crippen LogP contribution in [0.2, 0.25) is 0 Å². The molecular formula is C12H8N7O3-. The number of carboxylic acid groups (broad SMARTS) is 1. The molecule has 10 heteroatoms. The predicted molar refractivity (Wildman–Crippen MR) is 70.0 cm³/mol. The second-order valence-corrected chi connectivity index (χ2v) is 4.14. The number of aromatic carboxylic acids is 1. The van der Waals surface area contributed by atoms with Crippen LogP contribution in [0.15, 0.2) is 36.9 Å². The molecule has 0 aliphatic heterocycles. The summed E-state index contributed by atoms with van der Waals surface area (Å²) in [4.78, 5) is 27.0. The third-order valence-corrected chi connectivity index (χ3v) is 2.73. The first-order valence-electron chi connectivity index (χ1n) is 6.04. The number of aromatic amines is 1. The first-order chi connectivity index (χ1) is 10.6. The van der Waals surface area contributed by atoms with Gasteiger partial charge in [0.05, 0.1) is 11.7 Å². The first kappa shape index (κ1) is 13.4. The predicted octanol–water partition coefficient (Wildman–Crippen LogP) is -0.999. The Morgan fingerprint density at radius 2 is 1.91 bits per heavy atom. The molecule has 110 valence electrons. The van der Waals surface area contributed by atoms with Gasteiger partial charge in [0, 0.05) is 5.56 Å². The highest BCUT2D eigenvalue weighted by molar-refractivity contribution is 6.05. The molecule has 1 amide bonds. The largest absolute Gasteiger partial charge is 0.545 e. The molecule has 0 spiro atoms. The molecular weight excluding hydrogens is 290 g/mol. The summed E-state index contributed by atoms with van der Waals surface area (Å²) in [5.74, 6) is -1.93. The third kappa shape index (κ3) is 2.52. The number of hydrogen-bond donors (Lipinski definition) is 2. The van der Waals surface area contributed by atoms with E-state index in [1.165, 1.54) is 35.4 Å².